The van der Waals surface area contributed by atoms with E-state index in [1.165, 1.54) is 12.8 Å². The molecule has 1 aliphatic heterocycles. The molecule has 104 valence electrons. The van der Waals surface area contributed by atoms with Crippen LogP contribution in [0.5, 0.6) is 0 Å². The number of nitrogen functional groups attached to an aromatic ring is 1. The Kier molecular flexibility index (Phi) is 4.80. The minimum Gasteiger partial charge on any atom is -0.399 e. The van der Waals surface area contributed by atoms with Crippen molar-refractivity contribution < 1.29 is 4.79 Å². The lowest BCUT2D eigenvalue weighted by atomic mass is 9.99. The zero-order valence-electron chi connectivity index (χ0n) is 11.6. The van der Waals surface area contributed by atoms with Gasteiger partial charge < -0.3 is 16.0 Å². The van der Waals surface area contributed by atoms with E-state index in [2.05, 4.69) is 17.1 Å². The van der Waals surface area contributed by atoms with Crippen LogP contribution in [-0.4, -0.2) is 30.4 Å². The summed E-state index contributed by atoms with van der Waals surface area (Å²) < 4.78 is 0. The Hall–Kier alpha value is -1.55. The van der Waals surface area contributed by atoms with Crippen LogP contribution >= 0.6 is 0 Å². The van der Waals surface area contributed by atoms with Crippen LogP contribution < -0.4 is 11.1 Å². The molecule has 0 unspecified atom stereocenters. The largest absolute Gasteiger partial charge is 0.399 e. The van der Waals surface area contributed by atoms with Gasteiger partial charge in [0.05, 0.1) is 0 Å². The van der Waals surface area contributed by atoms with Crippen LogP contribution in [0.25, 0.3) is 0 Å². The molecule has 1 heterocycles. The van der Waals surface area contributed by atoms with E-state index in [1.54, 1.807) is 6.07 Å². The van der Waals surface area contributed by atoms with E-state index in [-0.39, 0.29) is 5.91 Å². The number of nitrogens with one attached hydrogen (secondary N) is 1. The van der Waals surface area contributed by atoms with E-state index in [4.69, 9.17) is 5.73 Å². The zero-order chi connectivity index (χ0) is 13.7. The molecular formula is C15H23N3O. The maximum atomic E-state index is 11.9. The summed E-state index contributed by atoms with van der Waals surface area (Å²) in [4.78, 5) is 14.2. The SMILES string of the molecule is CC1CCN(CCC(=O)Nc2cccc(N)c2)CC1. The third-order valence-electron chi connectivity index (χ3n) is 3.70. The molecule has 1 amide bonds. The van der Waals surface area contributed by atoms with Crippen LogP contribution in [0.2, 0.25) is 0 Å². The molecule has 1 aliphatic rings. The number of likely N-dealkylation sites (tertiary alicyclic amines) is 1. The van der Waals surface area contributed by atoms with Crippen LogP contribution in [0.1, 0.15) is 26.2 Å². The quantitative estimate of drug-likeness (QED) is 0.818. The average Bonchev–Trinajstić information content (AvgIpc) is 2.38. The van der Waals surface area contributed by atoms with Gasteiger partial charge in [-0.05, 0) is 50.0 Å². The number of rotatable bonds is 4. The number of amides is 1. The predicted octanol–water partition coefficient (Wildman–Crippen LogP) is 2.33. The molecule has 19 heavy (non-hydrogen) atoms. The highest BCUT2D eigenvalue weighted by molar-refractivity contribution is 5.91. The zero-order valence-corrected chi connectivity index (χ0v) is 11.6. The second-order valence-corrected chi connectivity index (χ2v) is 5.45. The van der Waals surface area contributed by atoms with Gasteiger partial charge in [0.25, 0.3) is 0 Å². The van der Waals surface area contributed by atoms with Crippen molar-refractivity contribution >= 4 is 17.3 Å². The van der Waals surface area contributed by atoms with E-state index < -0.39 is 0 Å². The summed E-state index contributed by atoms with van der Waals surface area (Å²) in [6.07, 6.45) is 3.04. The smallest absolute Gasteiger partial charge is 0.225 e. The molecule has 0 aliphatic carbocycles. The summed E-state index contributed by atoms with van der Waals surface area (Å²) in [6.45, 7) is 5.38. The summed E-state index contributed by atoms with van der Waals surface area (Å²) in [6, 6.07) is 7.29. The highest BCUT2D eigenvalue weighted by Gasteiger charge is 2.16. The van der Waals surface area contributed by atoms with E-state index in [1.807, 2.05) is 18.2 Å². The molecule has 1 saturated heterocycles. The van der Waals surface area contributed by atoms with Crippen LogP contribution in [0.15, 0.2) is 24.3 Å². The minimum atomic E-state index is 0.0595. The van der Waals surface area contributed by atoms with Gasteiger partial charge in [-0.1, -0.05) is 13.0 Å². The molecule has 0 saturated carbocycles. The van der Waals surface area contributed by atoms with Crippen molar-refractivity contribution in [1.29, 1.82) is 0 Å². The Morgan fingerprint density at radius 3 is 2.84 bits per heavy atom. The summed E-state index contributed by atoms with van der Waals surface area (Å²) in [7, 11) is 0. The fraction of sp³-hybridized carbons (Fsp3) is 0.533. The third kappa shape index (κ3) is 4.56. The highest BCUT2D eigenvalue weighted by Crippen LogP contribution is 2.16. The Bertz CT molecular complexity index is 425. The van der Waals surface area contributed by atoms with Crippen LogP contribution in [0.4, 0.5) is 11.4 Å². The molecule has 3 N–H and O–H groups in total. The van der Waals surface area contributed by atoms with Gasteiger partial charge in [0.1, 0.15) is 0 Å². The fourth-order valence-electron chi connectivity index (χ4n) is 2.39. The number of piperidine rings is 1. The highest BCUT2D eigenvalue weighted by atomic mass is 16.1. The van der Waals surface area contributed by atoms with Gasteiger partial charge in [-0.3, -0.25) is 4.79 Å². The number of carbonyl (C=O) groups is 1. The van der Waals surface area contributed by atoms with Gasteiger partial charge in [0, 0.05) is 24.3 Å². The average molecular weight is 261 g/mol. The molecule has 4 heteroatoms. The Balaban J connectivity index is 1.73. The number of nitrogens with zero attached hydrogens (tertiary/aromatic N) is 1. The first-order valence-corrected chi connectivity index (χ1v) is 7.01. The topological polar surface area (TPSA) is 58.4 Å². The standard InChI is InChI=1S/C15H23N3O/c1-12-5-8-18(9-6-12)10-7-15(19)17-14-4-2-3-13(16)11-14/h2-4,11-12H,5-10,16H2,1H3,(H,17,19). The van der Waals surface area contributed by atoms with E-state index in [0.717, 1.165) is 31.2 Å². The van der Waals surface area contributed by atoms with Crippen LogP contribution in [0, 0.1) is 5.92 Å². The molecule has 0 bridgehead atoms. The molecule has 4 nitrogen and oxygen atoms in total. The van der Waals surface area contributed by atoms with Crippen molar-refractivity contribution in [3.05, 3.63) is 24.3 Å². The summed E-state index contributed by atoms with van der Waals surface area (Å²) in [5.74, 6) is 0.890. The molecule has 2 rings (SSSR count). The maximum Gasteiger partial charge on any atom is 0.225 e. The molecule has 0 aromatic heterocycles. The van der Waals surface area contributed by atoms with Crippen molar-refractivity contribution in [2.45, 2.75) is 26.2 Å². The Morgan fingerprint density at radius 1 is 1.42 bits per heavy atom. The molecular weight excluding hydrogens is 238 g/mol. The first kappa shape index (κ1) is 13.9. The molecule has 0 radical (unpaired) electrons. The van der Waals surface area contributed by atoms with Crippen molar-refractivity contribution in [3.8, 4) is 0 Å². The second-order valence-electron chi connectivity index (χ2n) is 5.45. The second kappa shape index (κ2) is 6.57. The Labute approximate surface area is 115 Å². The van der Waals surface area contributed by atoms with Crippen molar-refractivity contribution in [1.82, 2.24) is 4.90 Å². The normalized spacial score (nSPS) is 17.3. The number of benzene rings is 1. The number of hydrogen-bond acceptors (Lipinski definition) is 3. The van der Waals surface area contributed by atoms with Crippen LogP contribution in [0.3, 0.4) is 0 Å². The summed E-state index contributed by atoms with van der Waals surface area (Å²) >= 11 is 0. The molecule has 1 aromatic rings. The molecule has 1 aromatic carbocycles. The van der Waals surface area contributed by atoms with E-state index in [0.29, 0.717) is 12.1 Å². The van der Waals surface area contributed by atoms with Gasteiger partial charge in [-0.25, -0.2) is 0 Å². The number of carbonyl (C=O) groups excluding carboxylic acids is 1. The maximum absolute atomic E-state index is 11.9. The fourth-order valence-corrected chi connectivity index (χ4v) is 2.39. The monoisotopic (exact) mass is 261 g/mol. The van der Waals surface area contributed by atoms with Gasteiger partial charge in [-0.15, -0.1) is 0 Å². The third-order valence-corrected chi connectivity index (χ3v) is 3.70. The molecule has 1 fully saturated rings. The minimum absolute atomic E-state index is 0.0595. The van der Waals surface area contributed by atoms with Crippen molar-refractivity contribution in [2.75, 3.05) is 30.7 Å². The number of nitrogens with two attached hydrogens (primary N) is 1. The van der Waals surface area contributed by atoms with Gasteiger partial charge in [-0.2, -0.15) is 0 Å². The van der Waals surface area contributed by atoms with Gasteiger partial charge in [0.15, 0.2) is 0 Å². The van der Waals surface area contributed by atoms with E-state index >= 15 is 0 Å². The van der Waals surface area contributed by atoms with Crippen LogP contribution in [-0.2, 0) is 4.79 Å². The van der Waals surface area contributed by atoms with Crippen molar-refractivity contribution in [3.63, 3.8) is 0 Å². The lowest BCUT2D eigenvalue weighted by molar-refractivity contribution is -0.116. The van der Waals surface area contributed by atoms with Gasteiger partial charge >= 0.3 is 0 Å². The summed E-state index contributed by atoms with van der Waals surface area (Å²) in [5.41, 5.74) is 7.12. The predicted molar refractivity (Wildman–Crippen MR) is 78.9 cm³/mol. The van der Waals surface area contributed by atoms with Gasteiger partial charge in [0.2, 0.25) is 5.91 Å². The first-order valence-electron chi connectivity index (χ1n) is 7.01. The first-order chi connectivity index (χ1) is 9.13. The van der Waals surface area contributed by atoms with Crippen molar-refractivity contribution in [2.24, 2.45) is 5.92 Å². The summed E-state index contributed by atoms with van der Waals surface area (Å²) in [5, 5.41) is 2.89. The number of anilines is 2. The molecule has 0 spiro atoms. The van der Waals surface area contributed by atoms with E-state index in [9.17, 15) is 4.79 Å². The Morgan fingerprint density at radius 2 is 2.16 bits per heavy atom. The number of hydrogen-bond donors (Lipinski definition) is 2. The lowest BCUT2D eigenvalue weighted by Crippen LogP contribution is -2.35. The lowest BCUT2D eigenvalue weighted by Gasteiger charge is -2.29. The molecule has 0 atom stereocenters.